The lowest BCUT2D eigenvalue weighted by atomic mass is 10.2. The zero-order chi connectivity index (χ0) is 13.1. The molecule has 0 saturated carbocycles. The number of rotatable bonds is 3. The maximum atomic E-state index is 11.9. The summed E-state index contributed by atoms with van der Waals surface area (Å²) in [5.74, 6) is -0.247. The number of carbonyl (C=O) groups is 2. The summed E-state index contributed by atoms with van der Waals surface area (Å²) in [6.07, 6.45) is 3.29. The summed E-state index contributed by atoms with van der Waals surface area (Å²) in [5.41, 5.74) is 0.916. The smallest absolute Gasteiger partial charge is 0.268 e. The standard InChI is InChI=1S/C13H10INO2S/c1-2-7-15-12(16)11(18-13(15)17)8-9-3-5-10(14)6-4-9/h2-6,8H,1,7H2/b11-8-. The molecule has 18 heavy (non-hydrogen) atoms. The average molecular weight is 371 g/mol. The van der Waals surface area contributed by atoms with E-state index in [0.29, 0.717) is 4.91 Å². The normalized spacial score (nSPS) is 17.6. The number of thioether (sulfide) groups is 1. The van der Waals surface area contributed by atoms with Gasteiger partial charge in [-0.15, -0.1) is 6.58 Å². The van der Waals surface area contributed by atoms with E-state index in [1.165, 1.54) is 4.90 Å². The van der Waals surface area contributed by atoms with Crippen LogP contribution in [0.15, 0.2) is 41.8 Å². The minimum absolute atomic E-state index is 0.239. The van der Waals surface area contributed by atoms with E-state index < -0.39 is 0 Å². The van der Waals surface area contributed by atoms with Crippen LogP contribution in [0.2, 0.25) is 0 Å². The molecule has 0 radical (unpaired) electrons. The van der Waals surface area contributed by atoms with Gasteiger partial charge in [0.15, 0.2) is 0 Å². The monoisotopic (exact) mass is 371 g/mol. The molecule has 0 N–H and O–H groups in total. The van der Waals surface area contributed by atoms with E-state index in [2.05, 4.69) is 29.2 Å². The molecule has 2 amide bonds. The molecular formula is C13H10INO2S. The topological polar surface area (TPSA) is 37.4 Å². The number of carbonyl (C=O) groups excluding carboxylic acids is 2. The second-order valence-electron chi connectivity index (χ2n) is 3.63. The lowest BCUT2D eigenvalue weighted by molar-refractivity contribution is -0.122. The maximum absolute atomic E-state index is 11.9. The Morgan fingerprint density at radius 2 is 1.94 bits per heavy atom. The largest absolute Gasteiger partial charge is 0.293 e. The number of halogens is 1. The molecule has 92 valence electrons. The predicted octanol–water partition coefficient (Wildman–Crippen LogP) is 3.51. The minimum Gasteiger partial charge on any atom is -0.268 e. The van der Waals surface area contributed by atoms with Crippen LogP contribution in [0.3, 0.4) is 0 Å². The fourth-order valence-electron chi connectivity index (χ4n) is 1.50. The van der Waals surface area contributed by atoms with Crippen LogP contribution in [0, 0.1) is 3.57 Å². The molecule has 0 aromatic heterocycles. The second kappa shape index (κ2) is 5.71. The third-order valence-corrected chi connectivity index (χ3v) is 3.98. The van der Waals surface area contributed by atoms with Gasteiger partial charge in [0.2, 0.25) is 0 Å². The molecule has 1 heterocycles. The van der Waals surface area contributed by atoms with Crippen LogP contribution < -0.4 is 0 Å². The van der Waals surface area contributed by atoms with E-state index >= 15 is 0 Å². The van der Waals surface area contributed by atoms with Gasteiger partial charge in [0, 0.05) is 10.1 Å². The number of hydrogen-bond acceptors (Lipinski definition) is 3. The summed E-state index contributed by atoms with van der Waals surface area (Å²) in [4.78, 5) is 25.2. The maximum Gasteiger partial charge on any atom is 0.293 e. The Hall–Kier alpha value is -1.08. The highest BCUT2D eigenvalue weighted by Gasteiger charge is 2.33. The molecule has 0 spiro atoms. The highest BCUT2D eigenvalue weighted by molar-refractivity contribution is 14.1. The van der Waals surface area contributed by atoms with Gasteiger partial charge in [0.1, 0.15) is 0 Å². The van der Waals surface area contributed by atoms with Crippen molar-refractivity contribution in [3.05, 3.63) is 51.0 Å². The predicted molar refractivity (Wildman–Crippen MR) is 82.0 cm³/mol. The molecule has 0 aliphatic carbocycles. The fourth-order valence-corrected chi connectivity index (χ4v) is 2.70. The SMILES string of the molecule is C=CCN1C(=O)S/C(=C\c2ccc(I)cc2)C1=O. The van der Waals surface area contributed by atoms with Gasteiger partial charge >= 0.3 is 0 Å². The van der Waals surface area contributed by atoms with E-state index in [9.17, 15) is 9.59 Å². The van der Waals surface area contributed by atoms with Gasteiger partial charge in [-0.2, -0.15) is 0 Å². The third kappa shape index (κ3) is 2.84. The van der Waals surface area contributed by atoms with E-state index in [4.69, 9.17) is 0 Å². The highest BCUT2D eigenvalue weighted by atomic mass is 127. The van der Waals surface area contributed by atoms with E-state index in [-0.39, 0.29) is 17.7 Å². The molecule has 1 aliphatic heterocycles. The Morgan fingerprint density at radius 1 is 1.28 bits per heavy atom. The van der Waals surface area contributed by atoms with Crippen molar-refractivity contribution in [1.82, 2.24) is 4.90 Å². The third-order valence-electron chi connectivity index (χ3n) is 2.35. The summed E-state index contributed by atoms with van der Waals surface area (Å²) >= 11 is 3.19. The molecular weight excluding hydrogens is 361 g/mol. The molecule has 2 rings (SSSR count). The molecule has 3 nitrogen and oxygen atoms in total. The Morgan fingerprint density at radius 3 is 2.56 bits per heavy atom. The van der Waals surface area contributed by atoms with Gasteiger partial charge in [-0.1, -0.05) is 18.2 Å². The van der Waals surface area contributed by atoms with Crippen molar-refractivity contribution in [3.63, 3.8) is 0 Å². The molecule has 1 aliphatic rings. The van der Waals surface area contributed by atoms with Crippen LogP contribution in [0.25, 0.3) is 6.08 Å². The zero-order valence-electron chi connectivity index (χ0n) is 9.43. The molecule has 0 unspecified atom stereocenters. The first-order valence-electron chi connectivity index (χ1n) is 5.23. The van der Waals surface area contributed by atoms with Crippen LogP contribution in [0.1, 0.15) is 5.56 Å². The number of nitrogens with zero attached hydrogens (tertiary/aromatic N) is 1. The molecule has 5 heteroatoms. The van der Waals surface area contributed by atoms with Crippen LogP contribution in [0.4, 0.5) is 4.79 Å². The first-order chi connectivity index (χ1) is 8.61. The van der Waals surface area contributed by atoms with Crippen molar-refractivity contribution >= 4 is 51.6 Å². The first-order valence-corrected chi connectivity index (χ1v) is 7.13. The van der Waals surface area contributed by atoms with E-state index in [1.807, 2.05) is 24.3 Å². The summed E-state index contributed by atoms with van der Waals surface area (Å²) < 4.78 is 1.13. The van der Waals surface area contributed by atoms with Crippen molar-refractivity contribution in [2.24, 2.45) is 0 Å². The number of hydrogen-bond donors (Lipinski definition) is 0. The lowest BCUT2D eigenvalue weighted by Crippen LogP contribution is -2.27. The Labute approximate surface area is 123 Å². The molecule has 1 saturated heterocycles. The number of amides is 2. The summed E-state index contributed by atoms with van der Waals surface area (Å²) in [6, 6.07) is 7.76. The van der Waals surface area contributed by atoms with E-state index in [1.54, 1.807) is 12.2 Å². The second-order valence-corrected chi connectivity index (χ2v) is 5.87. The Bertz CT molecular complexity index is 536. The van der Waals surface area contributed by atoms with Crippen LogP contribution in [-0.2, 0) is 4.79 Å². The summed E-state index contributed by atoms with van der Waals surface area (Å²) in [7, 11) is 0. The van der Waals surface area contributed by atoms with Gasteiger partial charge in [0.25, 0.3) is 11.1 Å². The summed E-state index contributed by atoms with van der Waals surface area (Å²) in [5, 5.41) is -0.239. The van der Waals surface area contributed by atoms with Gasteiger partial charge < -0.3 is 0 Å². The quantitative estimate of drug-likeness (QED) is 0.464. The van der Waals surface area contributed by atoms with Crippen molar-refractivity contribution in [2.45, 2.75) is 0 Å². The average Bonchev–Trinajstić information content (AvgIpc) is 2.60. The number of imide groups is 1. The first kappa shape index (κ1) is 13.4. The van der Waals surface area contributed by atoms with Crippen molar-refractivity contribution in [3.8, 4) is 0 Å². The lowest BCUT2D eigenvalue weighted by Gasteiger charge is -2.07. The molecule has 0 atom stereocenters. The van der Waals surface area contributed by atoms with Crippen LogP contribution in [-0.4, -0.2) is 22.6 Å². The van der Waals surface area contributed by atoms with Gasteiger partial charge in [-0.25, -0.2) is 0 Å². The molecule has 1 aromatic rings. The fraction of sp³-hybridized carbons (Fsp3) is 0.0769. The number of benzene rings is 1. The Balaban J connectivity index is 2.24. The molecule has 1 fully saturated rings. The minimum atomic E-state index is -0.247. The summed E-state index contributed by atoms with van der Waals surface area (Å²) in [6.45, 7) is 3.79. The van der Waals surface area contributed by atoms with Crippen molar-refractivity contribution in [2.75, 3.05) is 6.54 Å². The van der Waals surface area contributed by atoms with Crippen LogP contribution >= 0.6 is 34.4 Å². The molecule has 1 aromatic carbocycles. The van der Waals surface area contributed by atoms with Crippen molar-refractivity contribution < 1.29 is 9.59 Å². The van der Waals surface area contributed by atoms with E-state index in [0.717, 1.165) is 20.9 Å². The highest BCUT2D eigenvalue weighted by Crippen LogP contribution is 2.31. The van der Waals surface area contributed by atoms with Gasteiger partial charge in [-0.05, 0) is 58.1 Å². The van der Waals surface area contributed by atoms with Gasteiger partial charge in [0.05, 0.1) is 4.91 Å². The van der Waals surface area contributed by atoms with Gasteiger partial charge in [-0.3, -0.25) is 14.5 Å². The molecule has 0 bridgehead atoms. The Kier molecular flexibility index (Phi) is 4.23. The van der Waals surface area contributed by atoms with Crippen LogP contribution in [0.5, 0.6) is 0 Å². The van der Waals surface area contributed by atoms with Crippen molar-refractivity contribution in [1.29, 1.82) is 0 Å². The zero-order valence-corrected chi connectivity index (χ0v) is 12.4.